The maximum atomic E-state index is 13.5. The van der Waals surface area contributed by atoms with E-state index in [-0.39, 0.29) is 12.2 Å². The van der Waals surface area contributed by atoms with Gasteiger partial charge in [0.2, 0.25) is 0 Å². The zero-order chi connectivity index (χ0) is 22.9. The van der Waals surface area contributed by atoms with Crippen LogP contribution < -0.4 is 14.9 Å². The Morgan fingerprint density at radius 2 is 1.97 bits per heavy atom. The molecule has 5 rings (SSSR count). The largest absolute Gasteiger partial charge is 0.462 e. The zero-order valence-electron chi connectivity index (χ0n) is 18.0. The highest BCUT2D eigenvalue weighted by Gasteiger charge is 2.34. The van der Waals surface area contributed by atoms with Crippen molar-refractivity contribution in [1.29, 1.82) is 0 Å². The van der Waals surface area contributed by atoms with Gasteiger partial charge in [-0.2, -0.15) is 0 Å². The van der Waals surface area contributed by atoms with Gasteiger partial charge in [0.1, 0.15) is 24.2 Å². The van der Waals surface area contributed by atoms with Crippen molar-refractivity contribution < 1.29 is 13.9 Å². The molecule has 1 aliphatic heterocycles. The monoisotopic (exact) mass is 476 g/mol. The molecule has 0 spiro atoms. The van der Waals surface area contributed by atoms with Gasteiger partial charge >= 0.3 is 5.97 Å². The molecule has 0 saturated carbocycles. The summed E-state index contributed by atoms with van der Waals surface area (Å²) in [6.07, 6.45) is 1.72. The zero-order valence-corrected chi connectivity index (χ0v) is 19.6. The number of carbonyl (C=O) groups excluding carboxylic acids is 1. The lowest BCUT2D eigenvalue weighted by atomic mass is 10.0. The van der Waals surface area contributed by atoms with Crippen LogP contribution in [0, 0.1) is 6.92 Å². The molecule has 0 amide bonds. The first-order valence-electron chi connectivity index (χ1n) is 10.3. The van der Waals surface area contributed by atoms with E-state index in [4.69, 9.17) is 9.15 Å². The molecule has 4 aromatic rings. The number of esters is 1. The van der Waals surface area contributed by atoms with Gasteiger partial charge in [0.05, 0.1) is 15.8 Å². The van der Waals surface area contributed by atoms with E-state index in [1.165, 1.54) is 22.7 Å². The highest BCUT2D eigenvalue weighted by molar-refractivity contribution is 7.10. The van der Waals surface area contributed by atoms with Crippen molar-refractivity contribution in [2.24, 2.45) is 4.99 Å². The molecule has 0 bridgehead atoms. The van der Waals surface area contributed by atoms with Crippen molar-refractivity contribution in [3.63, 3.8) is 0 Å². The lowest BCUT2D eigenvalue weighted by Gasteiger charge is -2.23. The first-order valence-corrected chi connectivity index (χ1v) is 12.0. The van der Waals surface area contributed by atoms with E-state index in [0.717, 1.165) is 16.2 Å². The molecule has 0 fully saturated rings. The van der Waals surface area contributed by atoms with Gasteiger partial charge in [-0.25, -0.2) is 9.79 Å². The average molecular weight is 477 g/mol. The van der Waals surface area contributed by atoms with E-state index in [1.54, 1.807) is 17.6 Å². The fraction of sp³-hybridized carbons (Fsp3) is 0.160. The maximum Gasteiger partial charge on any atom is 0.338 e. The van der Waals surface area contributed by atoms with Gasteiger partial charge in [-0.05, 0) is 43.0 Å². The lowest BCUT2D eigenvalue weighted by molar-refractivity contribution is -0.140. The summed E-state index contributed by atoms with van der Waals surface area (Å²) in [7, 11) is 0. The van der Waals surface area contributed by atoms with Crippen LogP contribution >= 0.6 is 22.7 Å². The smallest absolute Gasteiger partial charge is 0.338 e. The van der Waals surface area contributed by atoms with Crippen LogP contribution in [0.2, 0.25) is 0 Å². The average Bonchev–Trinajstić information content (AvgIpc) is 3.54. The first-order chi connectivity index (χ1) is 16.0. The van der Waals surface area contributed by atoms with E-state index in [0.29, 0.717) is 26.4 Å². The SMILES string of the molecule is CC1=C(C(=O)OCc2ccccc2)[C@H](c2cccs2)n2c(s/c(=C/c3ccc(C)o3)c2=O)=N1. The number of thiazole rings is 1. The number of thiophene rings is 1. The van der Waals surface area contributed by atoms with Crippen LogP contribution in [-0.4, -0.2) is 10.5 Å². The van der Waals surface area contributed by atoms with Gasteiger partial charge in [0.25, 0.3) is 5.56 Å². The topological polar surface area (TPSA) is 73.8 Å². The number of nitrogens with zero attached hydrogens (tertiary/aromatic N) is 2. The summed E-state index contributed by atoms with van der Waals surface area (Å²) in [4.78, 5) is 32.7. The third-order valence-corrected chi connectivity index (χ3v) is 7.21. The second-order valence-corrected chi connectivity index (χ2v) is 9.60. The number of ether oxygens (including phenoxy) is 1. The Balaban J connectivity index is 1.58. The molecule has 4 heterocycles. The minimum atomic E-state index is -0.593. The third kappa shape index (κ3) is 4.15. The van der Waals surface area contributed by atoms with Crippen LogP contribution in [0.5, 0.6) is 0 Å². The predicted molar refractivity (Wildman–Crippen MR) is 128 cm³/mol. The van der Waals surface area contributed by atoms with Crippen molar-refractivity contribution in [1.82, 2.24) is 4.57 Å². The standard InChI is InChI=1S/C25H20N2O4S2/c1-15-10-11-18(31-15)13-20-23(28)27-22(19-9-6-12-32-19)21(16(2)26-25(27)33-20)24(29)30-14-17-7-4-3-5-8-17/h3-13,22H,14H2,1-2H3/b20-13+/t22-/m0/s1. The Hall–Kier alpha value is -3.49. The Morgan fingerprint density at radius 1 is 1.15 bits per heavy atom. The summed E-state index contributed by atoms with van der Waals surface area (Å²) in [6, 6.07) is 16.4. The molecular formula is C25H20N2O4S2. The van der Waals surface area contributed by atoms with Crippen LogP contribution in [0.25, 0.3) is 6.08 Å². The number of benzene rings is 1. The van der Waals surface area contributed by atoms with Crippen LogP contribution in [0.1, 0.15) is 34.9 Å². The number of furan rings is 1. The molecule has 1 aromatic carbocycles. The van der Waals surface area contributed by atoms with Crippen molar-refractivity contribution in [2.75, 3.05) is 0 Å². The molecule has 33 heavy (non-hydrogen) atoms. The molecule has 0 unspecified atom stereocenters. The van der Waals surface area contributed by atoms with Crippen LogP contribution in [-0.2, 0) is 16.1 Å². The molecule has 3 aromatic heterocycles. The van der Waals surface area contributed by atoms with Crippen molar-refractivity contribution in [3.05, 3.63) is 113 Å². The number of hydrogen-bond donors (Lipinski definition) is 0. The van der Waals surface area contributed by atoms with Crippen LogP contribution in [0.15, 0.2) is 85.5 Å². The minimum absolute atomic E-state index is 0.149. The van der Waals surface area contributed by atoms with Gasteiger partial charge in [-0.3, -0.25) is 9.36 Å². The molecule has 1 aliphatic rings. The van der Waals surface area contributed by atoms with E-state index in [1.807, 2.05) is 66.9 Å². The number of carbonyl (C=O) groups is 1. The molecule has 0 N–H and O–H groups in total. The summed E-state index contributed by atoms with van der Waals surface area (Å²) >= 11 is 2.77. The maximum absolute atomic E-state index is 13.5. The summed E-state index contributed by atoms with van der Waals surface area (Å²) in [5, 5.41) is 1.93. The highest BCUT2D eigenvalue weighted by Crippen LogP contribution is 2.33. The summed E-state index contributed by atoms with van der Waals surface area (Å²) in [5.74, 6) is 0.892. The van der Waals surface area contributed by atoms with E-state index in [9.17, 15) is 9.59 Å². The fourth-order valence-electron chi connectivity index (χ4n) is 3.76. The van der Waals surface area contributed by atoms with Gasteiger partial charge in [-0.15, -0.1) is 11.3 Å². The molecular weight excluding hydrogens is 456 g/mol. The molecule has 1 atom stereocenters. The Bertz CT molecular complexity index is 1520. The Morgan fingerprint density at radius 3 is 2.67 bits per heavy atom. The van der Waals surface area contributed by atoms with Crippen LogP contribution in [0.4, 0.5) is 0 Å². The Labute approximate surface area is 197 Å². The fourth-order valence-corrected chi connectivity index (χ4v) is 5.61. The van der Waals surface area contributed by atoms with E-state index in [2.05, 4.69) is 4.99 Å². The summed E-state index contributed by atoms with van der Waals surface area (Å²) in [5.41, 5.74) is 1.60. The second-order valence-electron chi connectivity index (χ2n) is 7.61. The second kappa shape index (κ2) is 8.80. The summed E-state index contributed by atoms with van der Waals surface area (Å²) in [6.45, 7) is 3.79. The molecule has 0 saturated heterocycles. The highest BCUT2D eigenvalue weighted by atomic mass is 32.1. The first kappa shape index (κ1) is 21.4. The third-order valence-electron chi connectivity index (χ3n) is 5.30. The van der Waals surface area contributed by atoms with Crippen molar-refractivity contribution in [3.8, 4) is 0 Å². The van der Waals surface area contributed by atoms with Gasteiger partial charge in [0, 0.05) is 11.0 Å². The number of aryl methyl sites for hydroxylation is 1. The summed E-state index contributed by atoms with van der Waals surface area (Å²) < 4.78 is 13.3. The van der Waals surface area contributed by atoms with Gasteiger partial charge in [0.15, 0.2) is 4.80 Å². The van der Waals surface area contributed by atoms with Crippen molar-refractivity contribution >= 4 is 34.7 Å². The molecule has 0 aliphatic carbocycles. The minimum Gasteiger partial charge on any atom is -0.462 e. The number of allylic oxidation sites excluding steroid dienone is 1. The lowest BCUT2D eigenvalue weighted by Crippen LogP contribution is -2.39. The predicted octanol–water partition coefficient (Wildman–Crippen LogP) is 3.94. The quantitative estimate of drug-likeness (QED) is 0.409. The van der Waals surface area contributed by atoms with Crippen LogP contribution in [0.3, 0.4) is 0 Å². The molecule has 8 heteroatoms. The number of rotatable bonds is 5. The van der Waals surface area contributed by atoms with Gasteiger partial charge < -0.3 is 9.15 Å². The molecule has 0 radical (unpaired) electrons. The van der Waals surface area contributed by atoms with Gasteiger partial charge in [-0.1, -0.05) is 47.7 Å². The molecule has 6 nitrogen and oxygen atoms in total. The van der Waals surface area contributed by atoms with Crippen molar-refractivity contribution in [2.45, 2.75) is 26.5 Å². The normalized spacial score (nSPS) is 15.9. The Kier molecular flexibility index (Phi) is 5.70. The van der Waals surface area contributed by atoms with E-state index >= 15 is 0 Å². The molecule has 166 valence electrons. The number of fused-ring (bicyclic) bond motifs is 1. The number of aromatic nitrogens is 1. The number of hydrogen-bond acceptors (Lipinski definition) is 7. The van der Waals surface area contributed by atoms with E-state index < -0.39 is 12.0 Å².